The topological polar surface area (TPSA) is 67.9 Å². The number of nitrogens with one attached hydrogen (secondary N) is 1. The molecular formula is C24H29FN2O4. The first-order valence-electron chi connectivity index (χ1n) is 10.4. The number of hydrogen-bond acceptors (Lipinski definition) is 5. The Morgan fingerprint density at radius 3 is 2.61 bits per heavy atom. The molecule has 7 heteroatoms. The number of fused-ring (bicyclic) bond motifs is 1. The Morgan fingerprint density at radius 2 is 1.90 bits per heavy atom. The number of alkyl carbamates (subject to hydrolysis) is 1. The van der Waals surface area contributed by atoms with E-state index in [0.29, 0.717) is 19.5 Å². The van der Waals surface area contributed by atoms with Crippen LogP contribution in [0.15, 0.2) is 48.5 Å². The van der Waals surface area contributed by atoms with Gasteiger partial charge in [0.05, 0.1) is 12.5 Å². The maximum Gasteiger partial charge on any atom is 0.407 e. The minimum atomic E-state index is -0.618. The Bertz CT molecular complexity index is 912. The third-order valence-corrected chi connectivity index (χ3v) is 4.84. The average Bonchev–Trinajstić information content (AvgIpc) is 3.07. The smallest absolute Gasteiger partial charge is 0.407 e. The van der Waals surface area contributed by atoms with Crippen LogP contribution in [0.3, 0.4) is 0 Å². The normalized spacial score (nSPS) is 14.0. The van der Waals surface area contributed by atoms with Gasteiger partial charge in [-0.25, -0.2) is 9.18 Å². The first-order valence-corrected chi connectivity index (χ1v) is 10.4. The molecule has 1 aliphatic heterocycles. The molecule has 0 aromatic heterocycles. The lowest BCUT2D eigenvalue weighted by molar-refractivity contribution is -0.155. The van der Waals surface area contributed by atoms with Gasteiger partial charge in [0.2, 0.25) is 0 Å². The Hall–Kier alpha value is -3.09. The summed E-state index contributed by atoms with van der Waals surface area (Å²) in [6.07, 6.45) is 0.117. The largest absolute Gasteiger partial charge is 0.460 e. The van der Waals surface area contributed by atoms with Crippen molar-refractivity contribution in [3.63, 3.8) is 0 Å². The summed E-state index contributed by atoms with van der Waals surface area (Å²) in [7, 11) is 0. The van der Waals surface area contributed by atoms with E-state index < -0.39 is 23.7 Å². The minimum Gasteiger partial charge on any atom is -0.460 e. The Morgan fingerprint density at radius 1 is 1.16 bits per heavy atom. The van der Waals surface area contributed by atoms with Crippen molar-refractivity contribution >= 4 is 17.7 Å². The van der Waals surface area contributed by atoms with E-state index in [1.54, 1.807) is 26.8 Å². The first-order chi connectivity index (χ1) is 14.7. The molecule has 31 heavy (non-hydrogen) atoms. The van der Waals surface area contributed by atoms with E-state index in [1.165, 1.54) is 12.1 Å². The predicted octanol–water partition coefficient (Wildman–Crippen LogP) is 4.22. The zero-order chi connectivity index (χ0) is 22.4. The van der Waals surface area contributed by atoms with Gasteiger partial charge in [-0.05, 0) is 56.5 Å². The summed E-state index contributed by atoms with van der Waals surface area (Å²) in [6, 6.07) is 13.5. The SMILES string of the molecule is CC(C)(C)OC(=O)CC(CN1CCc2cc(F)ccc21)NC(=O)OCc1ccccc1. The van der Waals surface area contributed by atoms with Crippen LogP contribution >= 0.6 is 0 Å². The standard InChI is InChI=1S/C24H29FN2O4/c1-24(2,3)31-22(28)14-20(26-23(29)30-16-17-7-5-4-6-8-17)15-27-12-11-18-13-19(25)9-10-21(18)27/h4-10,13,20H,11-12,14-16H2,1-3H3,(H,26,29). The average molecular weight is 429 g/mol. The fourth-order valence-electron chi connectivity index (χ4n) is 3.57. The molecule has 0 saturated carbocycles. The van der Waals surface area contributed by atoms with Crippen molar-refractivity contribution in [3.05, 3.63) is 65.5 Å². The quantitative estimate of drug-likeness (QED) is 0.669. The second kappa shape index (κ2) is 9.81. The van der Waals surface area contributed by atoms with Gasteiger partial charge in [0.15, 0.2) is 0 Å². The van der Waals surface area contributed by atoms with Gasteiger partial charge in [-0.2, -0.15) is 0 Å². The van der Waals surface area contributed by atoms with Gasteiger partial charge < -0.3 is 19.7 Å². The zero-order valence-electron chi connectivity index (χ0n) is 18.2. The summed E-state index contributed by atoms with van der Waals surface area (Å²) in [4.78, 5) is 26.9. The molecule has 0 spiro atoms. The van der Waals surface area contributed by atoms with Gasteiger partial charge in [-0.1, -0.05) is 30.3 Å². The fraction of sp³-hybridized carbons (Fsp3) is 0.417. The van der Waals surface area contributed by atoms with E-state index in [-0.39, 0.29) is 18.8 Å². The van der Waals surface area contributed by atoms with E-state index in [9.17, 15) is 14.0 Å². The van der Waals surface area contributed by atoms with Crippen molar-refractivity contribution in [2.75, 3.05) is 18.0 Å². The second-order valence-corrected chi connectivity index (χ2v) is 8.66. The van der Waals surface area contributed by atoms with E-state index >= 15 is 0 Å². The monoisotopic (exact) mass is 428 g/mol. The van der Waals surface area contributed by atoms with Crippen LogP contribution in [-0.4, -0.2) is 36.8 Å². The molecule has 0 fully saturated rings. The lowest BCUT2D eigenvalue weighted by Gasteiger charge is -2.27. The summed E-state index contributed by atoms with van der Waals surface area (Å²) in [5.74, 6) is -0.673. The van der Waals surface area contributed by atoms with Crippen LogP contribution in [0.5, 0.6) is 0 Å². The summed E-state index contributed by atoms with van der Waals surface area (Å²) in [5.41, 5.74) is 2.09. The number of esters is 1. The number of carbonyl (C=O) groups is 2. The fourth-order valence-corrected chi connectivity index (χ4v) is 3.57. The molecular weight excluding hydrogens is 399 g/mol. The molecule has 3 rings (SSSR count). The number of halogens is 1. The number of nitrogens with zero attached hydrogens (tertiary/aromatic N) is 1. The van der Waals surface area contributed by atoms with E-state index in [2.05, 4.69) is 5.32 Å². The number of amides is 1. The highest BCUT2D eigenvalue weighted by Gasteiger charge is 2.27. The zero-order valence-corrected chi connectivity index (χ0v) is 18.2. The molecule has 1 unspecified atom stereocenters. The third kappa shape index (κ3) is 6.98. The summed E-state index contributed by atoms with van der Waals surface area (Å²) in [6.45, 7) is 6.60. The van der Waals surface area contributed by atoms with E-state index in [0.717, 1.165) is 16.8 Å². The molecule has 0 radical (unpaired) electrons. The van der Waals surface area contributed by atoms with Gasteiger partial charge in [0.1, 0.15) is 18.0 Å². The highest BCUT2D eigenvalue weighted by molar-refractivity contribution is 5.73. The Kier molecular flexibility index (Phi) is 7.15. The van der Waals surface area contributed by atoms with Crippen LogP contribution in [-0.2, 0) is 27.3 Å². The number of rotatable bonds is 7. The Balaban J connectivity index is 1.65. The molecule has 0 bridgehead atoms. The summed E-state index contributed by atoms with van der Waals surface area (Å²) < 4.78 is 24.3. The first kappa shape index (κ1) is 22.6. The van der Waals surface area contributed by atoms with Crippen LogP contribution in [0.4, 0.5) is 14.9 Å². The third-order valence-electron chi connectivity index (χ3n) is 4.84. The molecule has 1 N–H and O–H groups in total. The van der Waals surface area contributed by atoms with Gasteiger partial charge in [0, 0.05) is 18.8 Å². The molecule has 2 aromatic rings. The van der Waals surface area contributed by atoms with Crippen molar-refractivity contribution in [1.29, 1.82) is 0 Å². The maximum atomic E-state index is 13.5. The van der Waals surface area contributed by atoms with Crippen molar-refractivity contribution in [3.8, 4) is 0 Å². The van der Waals surface area contributed by atoms with Gasteiger partial charge >= 0.3 is 12.1 Å². The van der Waals surface area contributed by atoms with Crippen LogP contribution < -0.4 is 10.2 Å². The highest BCUT2D eigenvalue weighted by Crippen LogP contribution is 2.28. The number of ether oxygens (including phenoxy) is 2. The molecule has 0 aliphatic carbocycles. The van der Waals surface area contributed by atoms with Crippen molar-refractivity contribution < 1.29 is 23.5 Å². The number of carbonyl (C=O) groups excluding carboxylic acids is 2. The second-order valence-electron chi connectivity index (χ2n) is 8.66. The van der Waals surface area contributed by atoms with E-state index in [1.807, 2.05) is 35.2 Å². The van der Waals surface area contributed by atoms with Crippen LogP contribution in [0.2, 0.25) is 0 Å². The van der Waals surface area contributed by atoms with Gasteiger partial charge in [0.25, 0.3) is 0 Å². The summed E-state index contributed by atoms with van der Waals surface area (Å²) >= 11 is 0. The lowest BCUT2D eigenvalue weighted by atomic mass is 10.1. The van der Waals surface area contributed by atoms with Crippen LogP contribution in [0.25, 0.3) is 0 Å². The Labute approximate surface area is 182 Å². The molecule has 0 saturated heterocycles. The number of benzene rings is 2. The van der Waals surface area contributed by atoms with Crippen molar-refractivity contribution in [2.24, 2.45) is 0 Å². The molecule has 1 atom stereocenters. The van der Waals surface area contributed by atoms with Crippen LogP contribution in [0, 0.1) is 5.82 Å². The molecule has 1 amide bonds. The van der Waals surface area contributed by atoms with Crippen LogP contribution in [0.1, 0.15) is 38.3 Å². The molecule has 1 aliphatic rings. The van der Waals surface area contributed by atoms with E-state index in [4.69, 9.17) is 9.47 Å². The summed E-state index contributed by atoms with van der Waals surface area (Å²) in [5, 5.41) is 2.80. The van der Waals surface area contributed by atoms with Crippen molar-refractivity contribution in [1.82, 2.24) is 5.32 Å². The predicted molar refractivity (Wildman–Crippen MR) is 116 cm³/mol. The minimum absolute atomic E-state index is 0.00470. The molecule has 1 heterocycles. The maximum absolute atomic E-state index is 13.5. The van der Waals surface area contributed by atoms with Gasteiger partial charge in [-0.3, -0.25) is 4.79 Å². The molecule has 2 aromatic carbocycles. The lowest BCUT2D eigenvalue weighted by Crippen LogP contribution is -2.45. The van der Waals surface area contributed by atoms with Crippen molar-refractivity contribution in [2.45, 2.75) is 51.9 Å². The molecule has 6 nitrogen and oxygen atoms in total. The highest BCUT2D eigenvalue weighted by atomic mass is 19.1. The number of anilines is 1. The van der Waals surface area contributed by atoms with Gasteiger partial charge in [-0.15, -0.1) is 0 Å². The number of hydrogen-bond donors (Lipinski definition) is 1. The molecule has 166 valence electrons.